The van der Waals surface area contributed by atoms with Gasteiger partial charge in [-0.05, 0) is 35.4 Å². The van der Waals surface area contributed by atoms with Crippen molar-refractivity contribution in [1.82, 2.24) is 4.72 Å². The normalized spacial score (nSPS) is 21.9. The van der Waals surface area contributed by atoms with Crippen LogP contribution in [0.25, 0.3) is 0 Å². The lowest BCUT2D eigenvalue weighted by molar-refractivity contribution is 0.0442. The second kappa shape index (κ2) is 4.96. The van der Waals surface area contributed by atoms with Crippen molar-refractivity contribution < 1.29 is 13.5 Å². The summed E-state index contributed by atoms with van der Waals surface area (Å²) in [5.41, 5.74) is 0.806. The zero-order valence-electron chi connectivity index (χ0n) is 10.7. The summed E-state index contributed by atoms with van der Waals surface area (Å²) in [6, 6.07) is 10.9. The molecule has 1 heterocycles. The fraction of sp³-hybridized carbons (Fsp3) is 0.286. The minimum absolute atomic E-state index is 0.00421. The predicted molar refractivity (Wildman–Crippen MR) is 78.2 cm³/mol. The Balaban J connectivity index is 1.80. The summed E-state index contributed by atoms with van der Waals surface area (Å²) < 4.78 is 27.0. The van der Waals surface area contributed by atoms with E-state index in [-0.39, 0.29) is 10.8 Å². The molecule has 1 aromatic heterocycles. The number of hydrogen-bond donors (Lipinski definition) is 2. The van der Waals surface area contributed by atoms with Gasteiger partial charge in [0.25, 0.3) is 0 Å². The number of sulfonamides is 1. The molecule has 0 saturated carbocycles. The number of benzene rings is 1. The minimum Gasteiger partial charge on any atom is -0.384 e. The summed E-state index contributed by atoms with van der Waals surface area (Å²) in [7, 11) is -3.54. The fourth-order valence-corrected chi connectivity index (χ4v) is 4.68. The molecule has 0 amide bonds. The maximum absolute atomic E-state index is 12.1. The van der Waals surface area contributed by atoms with E-state index in [1.165, 1.54) is 0 Å². The summed E-state index contributed by atoms with van der Waals surface area (Å²) >= 11 is 1.16. The van der Waals surface area contributed by atoms with Gasteiger partial charge in [-0.2, -0.15) is 0 Å². The van der Waals surface area contributed by atoms with E-state index in [4.69, 9.17) is 0 Å². The second-order valence-electron chi connectivity index (χ2n) is 4.95. The van der Waals surface area contributed by atoms with E-state index in [0.717, 1.165) is 28.9 Å². The Labute approximate surface area is 122 Å². The third-order valence-electron chi connectivity index (χ3n) is 3.64. The van der Waals surface area contributed by atoms with Crippen LogP contribution in [-0.2, 0) is 22.0 Å². The molecule has 0 fully saturated rings. The molecule has 4 nitrogen and oxygen atoms in total. The molecule has 0 aliphatic heterocycles. The first-order chi connectivity index (χ1) is 9.51. The Hall–Kier alpha value is -1.21. The second-order valence-corrected chi connectivity index (χ2v) is 7.89. The van der Waals surface area contributed by atoms with Gasteiger partial charge in [0.1, 0.15) is 9.81 Å². The molecule has 20 heavy (non-hydrogen) atoms. The lowest BCUT2D eigenvalue weighted by Gasteiger charge is -2.24. The fourth-order valence-electron chi connectivity index (χ4n) is 2.55. The van der Waals surface area contributed by atoms with Gasteiger partial charge in [0.2, 0.25) is 10.0 Å². The third-order valence-corrected chi connectivity index (χ3v) is 6.44. The third kappa shape index (κ3) is 2.40. The number of rotatable bonds is 4. The Bertz CT molecular complexity index is 710. The average molecular weight is 309 g/mol. The van der Waals surface area contributed by atoms with Crippen molar-refractivity contribution in [2.75, 3.05) is 6.54 Å². The predicted octanol–water partition coefficient (Wildman–Crippen LogP) is 1.86. The lowest BCUT2D eigenvalue weighted by atomic mass is 9.96. The summed E-state index contributed by atoms with van der Waals surface area (Å²) in [6.45, 7) is 0.00421. The van der Waals surface area contributed by atoms with Gasteiger partial charge in [0.05, 0.1) is 0 Å². The van der Waals surface area contributed by atoms with Crippen LogP contribution >= 0.6 is 11.3 Å². The summed E-state index contributed by atoms with van der Waals surface area (Å²) in [5.74, 6) is 0. The molecular weight excluding hydrogens is 294 g/mol. The molecule has 1 aromatic carbocycles. The van der Waals surface area contributed by atoms with Crippen LogP contribution in [0, 0.1) is 0 Å². The number of hydrogen-bond acceptors (Lipinski definition) is 4. The Kier molecular flexibility index (Phi) is 3.41. The van der Waals surface area contributed by atoms with Crippen molar-refractivity contribution in [1.29, 1.82) is 0 Å². The standard InChI is InChI=1S/C14H15NO3S2/c16-14(8-7-11-4-1-2-5-12(11)14)10-15-20(17,18)13-6-3-9-19-13/h1-6,9,15-16H,7-8,10H2. The van der Waals surface area contributed by atoms with E-state index >= 15 is 0 Å². The van der Waals surface area contributed by atoms with Gasteiger partial charge in [-0.15, -0.1) is 11.3 Å². The van der Waals surface area contributed by atoms with E-state index in [0.29, 0.717) is 6.42 Å². The molecular formula is C14H15NO3S2. The molecule has 0 radical (unpaired) electrons. The number of aliphatic hydroxyl groups is 1. The van der Waals surface area contributed by atoms with Crippen LogP contribution < -0.4 is 4.72 Å². The van der Waals surface area contributed by atoms with Gasteiger partial charge >= 0.3 is 0 Å². The quantitative estimate of drug-likeness (QED) is 0.906. The Morgan fingerprint density at radius 2 is 2.05 bits per heavy atom. The molecule has 106 valence electrons. The molecule has 3 rings (SSSR count). The van der Waals surface area contributed by atoms with Crippen LogP contribution in [-0.4, -0.2) is 20.1 Å². The van der Waals surface area contributed by atoms with Gasteiger partial charge in [0.15, 0.2) is 0 Å². The van der Waals surface area contributed by atoms with Crippen molar-refractivity contribution >= 4 is 21.4 Å². The molecule has 0 spiro atoms. The summed E-state index contributed by atoms with van der Waals surface area (Å²) in [4.78, 5) is 0. The van der Waals surface area contributed by atoms with E-state index in [1.807, 2.05) is 24.3 Å². The van der Waals surface area contributed by atoms with Crippen molar-refractivity contribution in [3.63, 3.8) is 0 Å². The highest BCUT2D eigenvalue weighted by molar-refractivity contribution is 7.91. The minimum atomic E-state index is -3.54. The average Bonchev–Trinajstić information content (AvgIpc) is 3.07. The monoisotopic (exact) mass is 309 g/mol. The van der Waals surface area contributed by atoms with Crippen LogP contribution in [0.2, 0.25) is 0 Å². The first-order valence-electron chi connectivity index (χ1n) is 6.35. The molecule has 2 N–H and O–H groups in total. The maximum Gasteiger partial charge on any atom is 0.250 e. The first kappa shape index (κ1) is 13.8. The topological polar surface area (TPSA) is 66.4 Å². The molecule has 1 aliphatic rings. The zero-order chi connectivity index (χ0) is 14.2. The maximum atomic E-state index is 12.1. The van der Waals surface area contributed by atoms with E-state index in [1.54, 1.807) is 17.5 Å². The number of aryl methyl sites for hydroxylation is 1. The van der Waals surface area contributed by atoms with Crippen LogP contribution in [0.3, 0.4) is 0 Å². The molecule has 2 aromatic rings. The first-order valence-corrected chi connectivity index (χ1v) is 8.71. The van der Waals surface area contributed by atoms with Gasteiger partial charge in [-0.1, -0.05) is 30.3 Å². The largest absolute Gasteiger partial charge is 0.384 e. The molecule has 0 bridgehead atoms. The SMILES string of the molecule is O=S(=O)(NCC1(O)CCc2ccccc21)c1cccs1. The van der Waals surface area contributed by atoms with Crippen molar-refractivity contribution in [2.45, 2.75) is 22.7 Å². The van der Waals surface area contributed by atoms with Crippen molar-refractivity contribution in [3.05, 3.63) is 52.9 Å². The van der Waals surface area contributed by atoms with Crippen LogP contribution in [0.1, 0.15) is 17.5 Å². The van der Waals surface area contributed by atoms with E-state index in [2.05, 4.69) is 4.72 Å². The van der Waals surface area contributed by atoms with Crippen LogP contribution in [0.5, 0.6) is 0 Å². The highest BCUT2D eigenvalue weighted by atomic mass is 32.2. The molecule has 0 saturated heterocycles. The van der Waals surface area contributed by atoms with Crippen molar-refractivity contribution in [2.24, 2.45) is 0 Å². The summed E-state index contributed by atoms with van der Waals surface area (Å²) in [6.07, 6.45) is 1.31. The molecule has 1 atom stereocenters. The lowest BCUT2D eigenvalue weighted by Crippen LogP contribution is -2.39. The Morgan fingerprint density at radius 1 is 1.25 bits per heavy atom. The van der Waals surface area contributed by atoms with E-state index in [9.17, 15) is 13.5 Å². The highest BCUT2D eigenvalue weighted by Gasteiger charge is 2.37. The molecule has 1 unspecified atom stereocenters. The van der Waals surface area contributed by atoms with E-state index < -0.39 is 15.6 Å². The Morgan fingerprint density at radius 3 is 2.80 bits per heavy atom. The summed E-state index contributed by atoms with van der Waals surface area (Å²) in [5, 5.41) is 12.4. The zero-order valence-corrected chi connectivity index (χ0v) is 12.4. The smallest absolute Gasteiger partial charge is 0.250 e. The van der Waals surface area contributed by atoms with Gasteiger partial charge in [-0.3, -0.25) is 0 Å². The van der Waals surface area contributed by atoms with Crippen molar-refractivity contribution in [3.8, 4) is 0 Å². The number of thiophene rings is 1. The van der Waals surface area contributed by atoms with Crippen LogP contribution in [0.15, 0.2) is 46.0 Å². The highest BCUT2D eigenvalue weighted by Crippen LogP contribution is 2.36. The number of fused-ring (bicyclic) bond motifs is 1. The van der Waals surface area contributed by atoms with Gasteiger partial charge in [0, 0.05) is 6.54 Å². The van der Waals surface area contributed by atoms with Crippen LogP contribution in [0.4, 0.5) is 0 Å². The molecule has 6 heteroatoms. The molecule has 1 aliphatic carbocycles. The van der Waals surface area contributed by atoms with Gasteiger partial charge < -0.3 is 5.11 Å². The van der Waals surface area contributed by atoms with Gasteiger partial charge in [-0.25, -0.2) is 13.1 Å². The number of nitrogens with one attached hydrogen (secondary N) is 1.